The van der Waals surface area contributed by atoms with Gasteiger partial charge in [0.05, 0.1) is 29.5 Å². The molecule has 2 aliphatic rings. The fourth-order valence-electron chi connectivity index (χ4n) is 5.30. The average Bonchev–Trinajstić information content (AvgIpc) is 3.54. The lowest BCUT2D eigenvalue weighted by Crippen LogP contribution is -2.47. The van der Waals surface area contributed by atoms with Crippen LogP contribution in [0.25, 0.3) is 10.9 Å². The quantitative estimate of drug-likeness (QED) is 0.546. The van der Waals surface area contributed by atoms with Crippen molar-refractivity contribution in [2.45, 2.75) is 49.5 Å². The van der Waals surface area contributed by atoms with Gasteiger partial charge in [-0.2, -0.15) is 0 Å². The van der Waals surface area contributed by atoms with Gasteiger partial charge < -0.3 is 9.84 Å². The third kappa shape index (κ3) is 3.87. The van der Waals surface area contributed by atoms with Crippen molar-refractivity contribution in [3.63, 3.8) is 0 Å². The van der Waals surface area contributed by atoms with Crippen LogP contribution in [-0.2, 0) is 30.6 Å². The summed E-state index contributed by atoms with van der Waals surface area (Å²) in [5, 5.41) is 11.1. The summed E-state index contributed by atoms with van der Waals surface area (Å²) in [5.41, 5.74) is 0.173. The summed E-state index contributed by atoms with van der Waals surface area (Å²) in [6, 6.07) is 18.7. The van der Waals surface area contributed by atoms with Gasteiger partial charge in [-0.3, -0.25) is 4.79 Å². The van der Waals surface area contributed by atoms with Crippen LogP contribution in [0.5, 0.6) is 0 Å². The molecule has 0 atom stereocenters. The number of aromatic nitrogens is 1. The van der Waals surface area contributed by atoms with Crippen LogP contribution in [0.3, 0.4) is 0 Å². The zero-order valence-corrected chi connectivity index (χ0v) is 19.6. The lowest BCUT2D eigenvalue weighted by molar-refractivity contribution is -0.151. The molecular formula is C26H29NO5S. The minimum atomic E-state index is -3.60. The second kappa shape index (κ2) is 7.99. The van der Waals surface area contributed by atoms with Gasteiger partial charge in [0.15, 0.2) is 0 Å². The van der Waals surface area contributed by atoms with Crippen LogP contribution in [-0.4, -0.2) is 36.3 Å². The number of carboxylic acid groups (broad SMARTS) is 1. The third-order valence-corrected chi connectivity index (χ3v) is 8.46. The molecule has 0 aliphatic heterocycles. The topological polar surface area (TPSA) is 85.6 Å². The summed E-state index contributed by atoms with van der Waals surface area (Å²) in [4.78, 5) is 12.5. The molecule has 6 nitrogen and oxygen atoms in total. The average molecular weight is 468 g/mol. The Morgan fingerprint density at radius 2 is 1.67 bits per heavy atom. The van der Waals surface area contributed by atoms with Crippen molar-refractivity contribution in [1.29, 1.82) is 0 Å². The summed E-state index contributed by atoms with van der Waals surface area (Å²) in [6.45, 7) is 0.566. The number of fused-ring (bicyclic) bond motifs is 1. The number of para-hydroxylation sites is 1. The Kier molecular flexibility index (Phi) is 5.37. The molecule has 0 amide bonds. The number of aliphatic carboxylic acids is 1. The van der Waals surface area contributed by atoms with Crippen LogP contribution in [0, 0.1) is 5.92 Å². The van der Waals surface area contributed by atoms with E-state index in [1.807, 2.05) is 60.7 Å². The highest BCUT2D eigenvalue weighted by Crippen LogP contribution is 2.51. The van der Waals surface area contributed by atoms with Gasteiger partial charge >= 0.3 is 5.97 Å². The van der Waals surface area contributed by atoms with Crippen molar-refractivity contribution >= 4 is 26.9 Å². The molecular weight excluding hydrogens is 438 g/mol. The minimum absolute atomic E-state index is 0.377. The molecule has 1 N–H and O–H groups in total. The number of carboxylic acids is 1. The van der Waals surface area contributed by atoms with Crippen molar-refractivity contribution in [3.05, 3.63) is 71.9 Å². The highest BCUT2D eigenvalue weighted by atomic mass is 32.2. The second-order valence-electron chi connectivity index (χ2n) is 9.62. The number of carbonyl (C=O) groups is 1. The molecule has 0 radical (unpaired) electrons. The van der Waals surface area contributed by atoms with E-state index in [0.29, 0.717) is 49.4 Å². The fraction of sp³-hybridized carbons (Fsp3) is 0.423. The summed E-state index contributed by atoms with van der Waals surface area (Å²) in [7, 11) is -3.60. The molecule has 2 aromatic carbocycles. The SMILES string of the molecule is CS(=O)(=O)n1c(C2(OCC3CC3)CCC(C(=O)O)(c3ccccc3)CC2)cc2ccccc21. The predicted octanol–water partition coefficient (Wildman–Crippen LogP) is 4.67. The minimum Gasteiger partial charge on any atom is -0.481 e. The van der Waals surface area contributed by atoms with Crippen molar-refractivity contribution in [2.75, 3.05) is 12.9 Å². The highest BCUT2D eigenvalue weighted by molar-refractivity contribution is 7.89. The number of rotatable bonds is 7. The Balaban J connectivity index is 1.61. The number of nitrogens with zero attached hydrogens (tertiary/aromatic N) is 1. The Morgan fingerprint density at radius 1 is 1.03 bits per heavy atom. The van der Waals surface area contributed by atoms with E-state index >= 15 is 0 Å². The lowest BCUT2D eigenvalue weighted by Gasteiger charge is -2.45. The Bertz CT molecular complexity index is 1280. The Morgan fingerprint density at radius 3 is 2.27 bits per heavy atom. The predicted molar refractivity (Wildman–Crippen MR) is 127 cm³/mol. The molecule has 1 aromatic heterocycles. The normalized spacial score (nSPS) is 25.8. The maximum Gasteiger partial charge on any atom is 0.314 e. The maximum atomic E-state index is 12.9. The summed E-state index contributed by atoms with van der Waals surface area (Å²) in [5.74, 6) is -0.341. The molecule has 5 rings (SSSR count). The van der Waals surface area contributed by atoms with Gasteiger partial charge in [0.2, 0.25) is 10.0 Å². The van der Waals surface area contributed by atoms with Gasteiger partial charge in [-0.1, -0.05) is 48.5 Å². The van der Waals surface area contributed by atoms with Gasteiger partial charge in [-0.15, -0.1) is 0 Å². The van der Waals surface area contributed by atoms with Gasteiger partial charge in [0.25, 0.3) is 0 Å². The summed E-state index contributed by atoms with van der Waals surface area (Å²) >= 11 is 0. The largest absolute Gasteiger partial charge is 0.481 e. The molecule has 2 saturated carbocycles. The van der Waals surface area contributed by atoms with Crippen molar-refractivity contribution in [1.82, 2.24) is 3.97 Å². The number of ether oxygens (including phenoxy) is 1. The zero-order valence-electron chi connectivity index (χ0n) is 18.7. The van der Waals surface area contributed by atoms with Crippen LogP contribution in [0.1, 0.15) is 49.8 Å². The molecule has 174 valence electrons. The van der Waals surface area contributed by atoms with Gasteiger partial charge in [-0.05, 0) is 62.1 Å². The molecule has 1 heterocycles. The van der Waals surface area contributed by atoms with E-state index in [1.54, 1.807) is 0 Å². The standard InChI is InChI=1S/C26H29NO5S/c1-33(30,31)27-22-10-6-5-7-20(22)17-23(27)26(32-18-19-11-12-19)15-13-25(14-16-26,24(28)29)21-8-3-2-4-9-21/h2-10,17,19H,11-16,18H2,1H3,(H,28,29). The summed E-state index contributed by atoms with van der Waals surface area (Å²) < 4.78 is 33.9. The molecule has 33 heavy (non-hydrogen) atoms. The van der Waals surface area contributed by atoms with Crippen molar-refractivity contribution in [2.24, 2.45) is 5.92 Å². The van der Waals surface area contributed by atoms with Crippen LogP contribution in [0.4, 0.5) is 0 Å². The summed E-state index contributed by atoms with van der Waals surface area (Å²) in [6.07, 6.45) is 5.08. The van der Waals surface area contributed by atoms with E-state index in [1.165, 1.54) is 10.2 Å². The first-order chi connectivity index (χ1) is 15.8. The molecule has 0 bridgehead atoms. The van der Waals surface area contributed by atoms with Crippen LogP contribution >= 0.6 is 0 Å². The maximum absolute atomic E-state index is 12.9. The monoisotopic (exact) mass is 467 g/mol. The molecule has 7 heteroatoms. The molecule has 2 aliphatic carbocycles. The first-order valence-corrected chi connectivity index (χ1v) is 13.3. The van der Waals surface area contributed by atoms with E-state index in [-0.39, 0.29) is 0 Å². The molecule has 0 unspecified atom stereocenters. The third-order valence-electron chi connectivity index (χ3n) is 7.40. The highest BCUT2D eigenvalue weighted by Gasteiger charge is 2.51. The lowest BCUT2D eigenvalue weighted by atomic mass is 9.64. The number of hydrogen-bond donors (Lipinski definition) is 1. The van der Waals surface area contributed by atoms with E-state index in [0.717, 1.165) is 23.8 Å². The van der Waals surface area contributed by atoms with E-state index in [2.05, 4.69) is 0 Å². The second-order valence-corrected chi connectivity index (χ2v) is 11.4. The van der Waals surface area contributed by atoms with Gasteiger partial charge in [-0.25, -0.2) is 12.4 Å². The zero-order chi connectivity index (χ0) is 23.3. The Hall–Kier alpha value is -2.64. The van der Waals surface area contributed by atoms with Crippen LogP contribution < -0.4 is 0 Å². The van der Waals surface area contributed by atoms with Crippen LogP contribution in [0.15, 0.2) is 60.7 Å². The fourth-order valence-corrected chi connectivity index (χ4v) is 6.40. The van der Waals surface area contributed by atoms with Crippen LogP contribution in [0.2, 0.25) is 0 Å². The van der Waals surface area contributed by atoms with Crippen molar-refractivity contribution < 1.29 is 23.1 Å². The number of benzene rings is 2. The smallest absolute Gasteiger partial charge is 0.314 e. The van der Waals surface area contributed by atoms with E-state index in [9.17, 15) is 18.3 Å². The Labute approximate surface area is 194 Å². The van der Waals surface area contributed by atoms with E-state index in [4.69, 9.17) is 4.74 Å². The molecule has 0 spiro atoms. The van der Waals surface area contributed by atoms with Gasteiger partial charge in [0, 0.05) is 5.39 Å². The van der Waals surface area contributed by atoms with Gasteiger partial charge in [0.1, 0.15) is 5.60 Å². The number of hydrogen-bond acceptors (Lipinski definition) is 4. The van der Waals surface area contributed by atoms with E-state index < -0.39 is 27.0 Å². The molecule has 2 fully saturated rings. The first-order valence-electron chi connectivity index (χ1n) is 11.5. The first kappa shape index (κ1) is 22.2. The molecule has 3 aromatic rings. The van der Waals surface area contributed by atoms with Crippen molar-refractivity contribution in [3.8, 4) is 0 Å². The molecule has 0 saturated heterocycles.